The van der Waals surface area contributed by atoms with Crippen LogP contribution in [0.3, 0.4) is 0 Å². The second kappa shape index (κ2) is 6.85. The van der Waals surface area contributed by atoms with Gasteiger partial charge in [0.05, 0.1) is 6.04 Å². The van der Waals surface area contributed by atoms with E-state index in [-0.39, 0.29) is 0 Å². The zero-order chi connectivity index (χ0) is 20.5. The van der Waals surface area contributed by atoms with Crippen LogP contribution in [-0.2, 0) is 6.42 Å². The molecular formula is C27H31N3O. The molecule has 0 radical (unpaired) electrons. The van der Waals surface area contributed by atoms with Crippen LogP contribution in [0.25, 0.3) is 10.9 Å². The van der Waals surface area contributed by atoms with Crippen LogP contribution in [0.1, 0.15) is 49.0 Å². The van der Waals surface area contributed by atoms with Gasteiger partial charge in [-0.1, -0.05) is 30.3 Å². The maximum absolute atomic E-state index is 6.10. The Labute approximate surface area is 184 Å². The van der Waals surface area contributed by atoms with Crippen molar-refractivity contribution in [3.8, 4) is 5.75 Å². The van der Waals surface area contributed by atoms with Crippen LogP contribution in [0, 0.1) is 11.8 Å². The highest BCUT2D eigenvalue weighted by atomic mass is 16.5. The maximum atomic E-state index is 6.10. The molecule has 8 rings (SSSR count). The second-order valence-corrected chi connectivity index (χ2v) is 10.3. The van der Waals surface area contributed by atoms with Crippen LogP contribution >= 0.6 is 0 Å². The topological polar surface area (TPSA) is 40.3 Å². The third-order valence-electron chi connectivity index (χ3n) is 8.44. The average molecular weight is 414 g/mol. The first-order valence-electron chi connectivity index (χ1n) is 12.1. The Kier molecular flexibility index (Phi) is 4.04. The summed E-state index contributed by atoms with van der Waals surface area (Å²) in [5.74, 6) is 2.86. The lowest BCUT2D eigenvalue weighted by Crippen LogP contribution is -2.50. The number of nitrogens with one attached hydrogen (secondary N) is 2. The molecule has 4 fully saturated rings. The van der Waals surface area contributed by atoms with Gasteiger partial charge in [0.15, 0.2) is 0 Å². The number of rotatable bonds is 4. The summed E-state index contributed by atoms with van der Waals surface area (Å²) >= 11 is 0. The summed E-state index contributed by atoms with van der Waals surface area (Å²) < 4.78 is 6.10. The summed E-state index contributed by atoms with van der Waals surface area (Å²) in [5.41, 5.74) is 5.61. The van der Waals surface area contributed by atoms with Gasteiger partial charge in [-0.25, -0.2) is 0 Å². The van der Waals surface area contributed by atoms with E-state index in [1.807, 2.05) is 0 Å². The largest absolute Gasteiger partial charge is 0.488 e. The quantitative estimate of drug-likeness (QED) is 0.654. The molecule has 1 saturated heterocycles. The van der Waals surface area contributed by atoms with E-state index in [2.05, 4.69) is 70.7 Å². The van der Waals surface area contributed by atoms with Crippen molar-refractivity contribution >= 4 is 10.9 Å². The van der Waals surface area contributed by atoms with Crippen LogP contribution in [-0.4, -0.2) is 41.2 Å². The molecule has 0 spiro atoms. The van der Waals surface area contributed by atoms with Gasteiger partial charge in [0, 0.05) is 41.8 Å². The molecule has 4 nitrogen and oxygen atoms in total. The number of aromatic amines is 1. The van der Waals surface area contributed by atoms with Crippen molar-refractivity contribution in [2.45, 2.75) is 56.8 Å². The lowest BCUT2D eigenvalue weighted by Gasteiger charge is -2.46. The van der Waals surface area contributed by atoms with Gasteiger partial charge in [-0.3, -0.25) is 4.90 Å². The van der Waals surface area contributed by atoms with Gasteiger partial charge in [-0.2, -0.15) is 0 Å². The Balaban J connectivity index is 1.31. The summed E-state index contributed by atoms with van der Waals surface area (Å²) in [6.07, 6.45) is 5.74. The van der Waals surface area contributed by atoms with E-state index in [4.69, 9.17) is 4.74 Å². The molecule has 2 aromatic carbocycles. The zero-order valence-corrected chi connectivity index (χ0v) is 18.2. The number of benzene rings is 2. The van der Waals surface area contributed by atoms with Crippen LogP contribution in [0.5, 0.6) is 5.75 Å². The lowest BCUT2D eigenvalue weighted by molar-refractivity contribution is 0.0711. The standard InChI is InChI=1S/C27H31N3O/c1-16-10-23-22-4-2-3-5-24(22)29-26(23)27(30(16)25-13-17-11-19(25)12-17)18-6-8-20(9-7-18)31-21-14-28-15-21/h2-9,16-17,19,21,25,27-29H,10-15H2,1H3/t16-,17?,19?,25?,27-/m1/s1. The molecule has 31 heavy (non-hydrogen) atoms. The molecule has 3 saturated carbocycles. The van der Waals surface area contributed by atoms with Crippen molar-refractivity contribution in [3.63, 3.8) is 0 Å². The highest BCUT2D eigenvalue weighted by Crippen LogP contribution is 2.54. The molecular weight excluding hydrogens is 382 g/mol. The summed E-state index contributed by atoms with van der Waals surface area (Å²) in [6.45, 7) is 4.37. The number of para-hydroxylation sites is 1. The molecule has 4 heteroatoms. The van der Waals surface area contributed by atoms with E-state index in [0.29, 0.717) is 18.2 Å². The summed E-state index contributed by atoms with van der Waals surface area (Å²) in [6, 6.07) is 19.4. The van der Waals surface area contributed by atoms with Crippen molar-refractivity contribution in [1.82, 2.24) is 15.2 Å². The van der Waals surface area contributed by atoms with Gasteiger partial charge in [-0.05, 0) is 73.8 Å². The van der Waals surface area contributed by atoms with E-state index in [1.165, 1.54) is 47.0 Å². The highest BCUT2D eigenvalue weighted by Gasteiger charge is 2.51. The molecule has 160 valence electrons. The fourth-order valence-corrected chi connectivity index (χ4v) is 6.80. The SMILES string of the molecule is C[C@@H]1Cc2c([nH]c3ccccc23)[C@@H](c2ccc(OC3CNC3)cc2)N1C1CC2CC1C2. The Bertz CT molecular complexity index is 1110. The molecule has 1 unspecified atom stereocenters. The normalized spacial score (nSPS) is 32.5. The summed E-state index contributed by atoms with van der Waals surface area (Å²) in [5, 5.41) is 4.69. The van der Waals surface area contributed by atoms with E-state index in [0.717, 1.165) is 43.1 Å². The van der Waals surface area contributed by atoms with Crippen molar-refractivity contribution in [3.05, 3.63) is 65.4 Å². The lowest BCUT2D eigenvalue weighted by atomic mass is 9.82. The number of fused-ring (bicyclic) bond motifs is 4. The minimum absolute atomic E-state index is 0.301. The van der Waals surface area contributed by atoms with E-state index < -0.39 is 0 Å². The third kappa shape index (κ3) is 2.81. The predicted octanol–water partition coefficient (Wildman–Crippen LogP) is 4.65. The summed E-state index contributed by atoms with van der Waals surface area (Å²) in [7, 11) is 0. The minimum atomic E-state index is 0.301. The average Bonchev–Trinajstić information content (AvgIpc) is 3.42. The van der Waals surface area contributed by atoms with Gasteiger partial charge in [-0.15, -0.1) is 0 Å². The number of H-pyrrole nitrogens is 1. The first kappa shape index (κ1) is 18.3. The number of ether oxygens (including phenoxy) is 1. The van der Waals surface area contributed by atoms with Crippen molar-refractivity contribution in [2.24, 2.45) is 11.8 Å². The summed E-state index contributed by atoms with van der Waals surface area (Å²) in [4.78, 5) is 6.73. The Morgan fingerprint density at radius 1 is 0.968 bits per heavy atom. The van der Waals surface area contributed by atoms with Gasteiger partial charge < -0.3 is 15.0 Å². The molecule has 1 aromatic heterocycles. The van der Waals surface area contributed by atoms with Crippen LogP contribution in [0.4, 0.5) is 0 Å². The maximum Gasteiger partial charge on any atom is 0.123 e. The predicted molar refractivity (Wildman–Crippen MR) is 123 cm³/mol. The number of nitrogens with zero attached hydrogens (tertiary/aromatic N) is 1. The van der Waals surface area contributed by atoms with Crippen molar-refractivity contribution in [2.75, 3.05) is 13.1 Å². The zero-order valence-electron chi connectivity index (χ0n) is 18.2. The van der Waals surface area contributed by atoms with Gasteiger partial charge in [0.25, 0.3) is 0 Å². The number of aromatic nitrogens is 1. The Morgan fingerprint density at radius 2 is 1.77 bits per heavy atom. The highest BCUT2D eigenvalue weighted by molar-refractivity contribution is 5.85. The van der Waals surface area contributed by atoms with Crippen molar-refractivity contribution < 1.29 is 4.74 Å². The molecule has 5 aliphatic rings. The van der Waals surface area contributed by atoms with Gasteiger partial charge >= 0.3 is 0 Å². The fraction of sp³-hybridized carbons (Fsp3) is 0.481. The molecule has 3 aliphatic carbocycles. The Hall–Kier alpha value is -2.30. The first-order valence-corrected chi connectivity index (χ1v) is 12.1. The molecule has 0 amide bonds. The smallest absolute Gasteiger partial charge is 0.123 e. The van der Waals surface area contributed by atoms with Gasteiger partial charge in [0.2, 0.25) is 0 Å². The number of hydrogen-bond donors (Lipinski definition) is 2. The molecule has 3 heterocycles. The van der Waals surface area contributed by atoms with E-state index >= 15 is 0 Å². The molecule has 2 bridgehead atoms. The molecule has 3 aromatic rings. The minimum Gasteiger partial charge on any atom is -0.488 e. The van der Waals surface area contributed by atoms with Crippen LogP contribution < -0.4 is 10.1 Å². The third-order valence-corrected chi connectivity index (χ3v) is 8.44. The molecule has 2 aliphatic heterocycles. The molecule has 3 atom stereocenters. The molecule has 2 N–H and O–H groups in total. The Morgan fingerprint density at radius 3 is 2.48 bits per heavy atom. The first-order chi connectivity index (χ1) is 15.2. The van der Waals surface area contributed by atoms with Crippen LogP contribution in [0.15, 0.2) is 48.5 Å². The van der Waals surface area contributed by atoms with Gasteiger partial charge in [0.1, 0.15) is 11.9 Å². The van der Waals surface area contributed by atoms with Crippen LogP contribution in [0.2, 0.25) is 0 Å². The van der Waals surface area contributed by atoms with Crippen molar-refractivity contribution in [1.29, 1.82) is 0 Å². The fourth-order valence-electron chi connectivity index (χ4n) is 6.80. The monoisotopic (exact) mass is 413 g/mol. The number of hydrogen-bond acceptors (Lipinski definition) is 3. The van der Waals surface area contributed by atoms with E-state index in [9.17, 15) is 0 Å². The van der Waals surface area contributed by atoms with E-state index in [1.54, 1.807) is 0 Å². The second-order valence-electron chi connectivity index (χ2n) is 10.3.